The van der Waals surface area contributed by atoms with Crippen LogP contribution >= 0.6 is 23.2 Å². The SMILES string of the molecule is CC1(C)C(=CC=CC2=[N+](CCCCCCCCS(=O)(=O)O)c3ccc(Cl)cc3C2(C)C)N(CCCCCCCCS(=O)(=O)O)c2ccc(Cl)cc21. The van der Waals surface area contributed by atoms with Crippen molar-refractivity contribution < 1.29 is 30.5 Å². The molecule has 0 spiro atoms. The lowest BCUT2D eigenvalue weighted by atomic mass is 9.81. The standard InChI is InChI=1S/C39H54Cl2N2O6S2/c1-38(2)32-28-30(40)20-22-34(32)42(24-13-9-5-7-11-15-26-50(44,45)46)36(38)18-17-19-37-39(3,4)33-29-31(41)21-23-35(33)43(37)25-14-10-6-8-12-16-27-51(47,48)49/h17-23,28-29H,5-16,24-27H2,1-4H3,(H-,44,45,46,47,48,49)/p+1. The van der Waals surface area contributed by atoms with Gasteiger partial charge in [-0.15, -0.1) is 0 Å². The highest BCUT2D eigenvalue weighted by Gasteiger charge is 2.44. The van der Waals surface area contributed by atoms with Crippen LogP contribution in [0, 0.1) is 0 Å². The van der Waals surface area contributed by atoms with Crippen LogP contribution in [0.25, 0.3) is 0 Å². The van der Waals surface area contributed by atoms with Crippen LogP contribution in [0.5, 0.6) is 0 Å². The Morgan fingerprint density at radius 3 is 1.78 bits per heavy atom. The van der Waals surface area contributed by atoms with Crippen molar-refractivity contribution in [3.63, 3.8) is 0 Å². The maximum atomic E-state index is 11.0. The van der Waals surface area contributed by atoms with E-state index in [0.29, 0.717) is 12.8 Å². The lowest BCUT2D eigenvalue weighted by Crippen LogP contribution is -2.28. The van der Waals surface area contributed by atoms with Gasteiger partial charge in [0.2, 0.25) is 5.69 Å². The lowest BCUT2D eigenvalue weighted by Gasteiger charge is -2.27. The summed E-state index contributed by atoms with van der Waals surface area (Å²) in [7, 11) is -7.78. The number of hydrogen-bond donors (Lipinski definition) is 2. The third kappa shape index (κ3) is 11.4. The summed E-state index contributed by atoms with van der Waals surface area (Å²) in [5.41, 5.74) is 6.66. The van der Waals surface area contributed by atoms with Crippen molar-refractivity contribution >= 4 is 60.5 Å². The van der Waals surface area contributed by atoms with Gasteiger partial charge in [0.1, 0.15) is 6.54 Å². The zero-order valence-corrected chi connectivity index (χ0v) is 33.6. The summed E-state index contributed by atoms with van der Waals surface area (Å²) in [6.07, 6.45) is 17.2. The largest absolute Gasteiger partial charge is 0.344 e. The van der Waals surface area contributed by atoms with Crippen molar-refractivity contribution in [2.75, 3.05) is 29.5 Å². The van der Waals surface area contributed by atoms with Gasteiger partial charge >= 0.3 is 0 Å². The number of rotatable bonds is 20. The molecule has 0 amide bonds. The van der Waals surface area contributed by atoms with E-state index in [1.165, 1.54) is 33.9 Å². The predicted molar refractivity (Wildman–Crippen MR) is 212 cm³/mol. The summed E-state index contributed by atoms with van der Waals surface area (Å²) in [6.45, 7) is 10.7. The number of nitrogens with zero attached hydrogens (tertiary/aromatic N) is 2. The van der Waals surface area contributed by atoms with Crippen LogP contribution < -0.4 is 4.90 Å². The van der Waals surface area contributed by atoms with E-state index in [9.17, 15) is 16.8 Å². The van der Waals surface area contributed by atoms with Gasteiger partial charge in [0.05, 0.1) is 16.9 Å². The molecule has 4 rings (SSSR count). The van der Waals surface area contributed by atoms with E-state index in [1.54, 1.807) is 0 Å². The number of benzene rings is 2. The summed E-state index contributed by atoms with van der Waals surface area (Å²) in [5, 5.41) is 1.44. The topological polar surface area (TPSA) is 115 Å². The molecule has 2 heterocycles. The summed E-state index contributed by atoms with van der Waals surface area (Å²) >= 11 is 13.0. The van der Waals surface area contributed by atoms with Crippen LogP contribution in [0.15, 0.2) is 60.3 Å². The second-order valence-electron chi connectivity index (χ2n) is 15.0. The van der Waals surface area contributed by atoms with Gasteiger partial charge in [0, 0.05) is 57.5 Å². The molecular weight excluding hydrogens is 727 g/mol. The van der Waals surface area contributed by atoms with E-state index in [2.05, 4.69) is 79.7 Å². The van der Waals surface area contributed by atoms with Crippen molar-refractivity contribution in [1.29, 1.82) is 0 Å². The molecule has 0 radical (unpaired) electrons. The first-order chi connectivity index (χ1) is 23.9. The molecule has 0 bridgehead atoms. The molecule has 2 aliphatic heterocycles. The molecule has 0 unspecified atom stereocenters. The van der Waals surface area contributed by atoms with Crippen LogP contribution in [0.3, 0.4) is 0 Å². The zero-order valence-electron chi connectivity index (χ0n) is 30.5. The van der Waals surface area contributed by atoms with Gasteiger partial charge in [-0.1, -0.05) is 88.1 Å². The van der Waals surface area contributed by atoms with Crippen LogP contribution in [0.1, 0.15) is 116 Å². The lowest BCUT2D eigenvalue weighted by molar-refractivity contribution is -0.438. The summed E-state index contributed by atoms with van der Waals surface area (Å²) in [5.74, 6) is -0.344. The van der Waals surface area contributed by atoms with Crippen LogP contribution in [-0.2, 0) is 31.1 Å². The molecule has 0 atom stereocenters. The Morgan fingerprint density at radius 2 is 1.20 bits per heavy atom. The first kappa shape index (κ1) is 41.5. The highest BCUT2D eigenvalue weighted by molar-refractivity contribution is 7.86. The first-order valence-corrected chi connectivity index (χ1v) is 22.2. The minimum atomic E-state index is -3.89. The van der Waals surface area contributed by atoms with Crippen LogP contribution in [-0.4, -0.2) is 60.8 Å². The normalized spacial score (nSPS) is 17.6. The predicted octanol–water partition coefficient (Wildman–Crippen LogP) is 10.1. The van der Waals surface area contributed by atoms with E-state index in [1.807, 2.05) is 12.1 Å². The molecule has 0 fully saturated rings. The summed E-state index contributed by atoms with van der Waals surface area (Å²) < 4.78 is 64.3. The third-order valence-corrected chi connectivity index (χ3v) is 12.4. The van der Waals surface area contributed by atoms with Crippen LogP contribution in [0.2, 0.25) is 10.0 Å². The Balaban J connectivity index is 1.50. The monoisotopic (exact) mass is 781 g/mol. The number of fused-ring (bicyclic) bond motifs is 2. The maximum absolute atomic E-state index is 11.0. The minimum Gasteiger partial charge on any atom is -0.344 e. The van der Waals surface area contributed by atoms with Crippen molar-refractivity contribution in [2.45, 2.75) is 116 Å². The summed E-state index contributed by atoms with van der Waals surface area (Å²) in [4.78, 5) is 2.42. The minimum absolute atomic E-state index is 0.172. The molecule has 0 saturated carbocycles. The van der Waals surface area contributed by atoms with Crippen molar-refractivity contribution in [3.8, 4) is 0 Å². The van der Waals surface area contributed by atoms with Gasteiger partial charge < -0.3 is 4.90 Å². The summed E-state index contributed by atoms with van der Waals surface area (Å²) in [6, 6.07) is 12.3. The molecule has 2 aromatic carbocycles. The molecule has 2 N–H and O–H groups in total. The van der Waals surface area contributed by atoms with Gasteiger partial charge in [-0.25, -0.2) is 0 Å². The average molecular weight is 783 g/mol. The number of allylic oxidation sites excluding steroid dienone is 4. The molecular formula is C39H55Cl2N2O6S2+. The van der Waals surface area contributed by atoms with E-state index < -0.39 is 20.2 Å². The average Bonchev–Trinajstić information content (AvgIpc) is 3.36. The molecule has 12 heteroatoms. The number of unbranched alkanes of at least 4 members (excludes halogenated alkanes) is 10. The van der Waals surface area contributed by atoms with Crippen LogP contribution in [0.4, 0.5) is 11.4 Å². The van der Waals surface area contributed by atoms with E-state index in [0.717, 1.165) is 87.3 Å². The molecule has 0 aromatic heterocycles. The van der Waals surface area contributed by atoms with Crippen molar-refractivity contribution in [2.24, 2.45) is 0 Å². The third-order valence-electron chi connectivity index (χ3n) is 10.3. The van der Waals surface area contributed by atoms with Gasteiger partial charge in [0.25, 0.3) is 20.2 Å². The molecule has 0 aliphatic carbocycles. The number of anilines is 1. The fourth-order valence-corrected chi connectivity index (χ4v) is 9.01. The number of halogens is 2. The second-order valence-corrected chi connectivity index (χ2v) is 19.0. The Labute approximate surface area is 316 Å². The van der Waals surface area contributed by atoms with E-state index in [4.69, 9.17) is 32.3 Å². The van der Waals surface area contributed by atoms with Gasteiger partial charge in [0.15, 0.2) is 5.71 Å². The Hall–Kier alpha value is -2.21. The molecule has 2 aliphatic rings. The Bertz CT molecular complexity index is 1850. The highest BCUT2D eigenvalue weighted by atomic mass is 35.5. The molecule has 8 nitrogen and oxygen atoms in total. The highest BCUT2D eigenvalue weighted by Crippen LogP contribution is 2.49. The Morgan fingerprint density at radius 1 is 0.686 bits per heavy atom. The first-order valence-electron chi connectivity index (χ1n) is 18.2. The smallest absolute Gasteiger partial charge is 0.264 e. The molecule has 51 heavy (non-hydrogen) atoms. The zero-order chi connectivity index (χ0) is 37.5. The van der Waals surface area contributed by atoms with E-state index in [-0.39, 0.29) is 22.3 Å². The molecule has 0 saturated heterocycles. The van der Waals surface area contributed by atoms with Crippen molar-refractivity contribution in [3.05, 3.63) is 81.5 Å². The van der Waals surface area contributed by atoms with E-state index >= 15 is 0 Å². The van der Waals surface area contributed by atoms with Gasteiger partial charge in [-0.2, -0.15) is 21.4 Å². The Kier molecular flexibility index (Phi) is 14.5. The fourth-order valence-electron chi connectivity index (χ4n) is 7.53. The van der Waals surface area contributed by atoms with Gasteiger partial charge in [-0.3, -0.25) is 9.11 Å². The number of hydrogen-bond acceptors (Lipinski definition) is 5. The molecule has 282 valence electrons. The second kappa shape index (κ2) is 17.7. The maximum Gasteiger partial charge on any atom is 0.264 e. The van der Waals surface area contributed by atoms with Crippen molar-refractivity contribution in [1.82, 2.24) is 0 Å². The fraction of sp³-hybridized carbons (Fsp3) is 0.564. The quantitative estimate of drug-likeness (QED) is 0.0781. The van der Waals surface area contributed by atoms with Gasteiger partial charge in [-0.05, 0) is 81.5 Å². The molecule has 2 aromatic rings.